The zero-order valence-corrected chi connectivity index (χ0v) is 14.2. The van der Waals surface area contributed by atoms with Crippen LogP contribution in [0.2, 0.25) is 0 Å². The van der Waals surface area contributed by atoms with E-state index in [1.54, 1.807) is 19.2 Å². The summed E-state index contributed by atoms with van der Waals surface area (Å²) in [5.74, 6) is 0. The lowest BCUT2D eigenvalue weighted by atomic mass is 10.1. The molecule has 1 heterocycles. The minimum absolute atomic E-state index is 0.176. The van der Waals surface area contributed by atoms with Gasteiger partial charge in [0.05, 0.1) is 17.8 Å². The topological polar surface area (TPSA) is 86.9 Å². The van der Waals surface area contributed by atoms with Crippen molar-refractivity contribution < 1.29 is 8.42 Å². The predicted octanol–water partition coefficient (Wildman–Crippen LogP) is 1.68. The number of hydrogen-bond acceptors (Lipinski definition) is 4. The van der Waals surface area contributed by atoms with Crippen molar-refractivity contribution in [2.45, 2.75) is 24.9 Å². The van der Waals surface area contributed by atoms with Crippen LogP contribution in [0.4, 0.5) is 0 Å². The van der Waals surface area contributed by atoms with Gasteiger partial charge in [-0.2, -0.15) is 0 Å². The van der Waals surface area contributed by atoms with E-state index in [4.69, 9.17) is 0 Å². The lowest BCUT2D eigenvalue weighted by Gasteiger charge is -2.12. The van der Waals surface area contributed by atoms with Crippen LogP contribution in [-0.2, 0) is 23.1 Å². The first-order chi connectivity index (χ1) is 9.94. The number of nitrogens with one attached hydrogen (secondary N) is 3. The van der Waals surface area contributed by atoms with Crippen LogP contribution in [0.3, 0.4) is 0 Å². The Morgan fingerprint density at radius 1 is 1.33 bits per heavy atom. The highest BCUT2D eigenvalue weighted by Crippen LogP contribution is 2.25. The number of H-pyrrole nitrogens is 1. The van der Waals surface area contributed by atoms with Crippen molar-refractivity contribution in [1.29, 1.82) is 0 Å². The molecule has 114 valence electrons. The van der Waals surface area contributed by atoms with Gasteiger partial charge in [0, 0.05) is 22.9 Å². The van der Waals surface area contributed by atoms with Crippen molar-refractivity contribution in [3.63, 3.8) is 0 Å². The Kier molecular flexibility index (Phi) is 5.15. The summed E-state index contributed by atoms with van der Waals surface area (Å²) in [6.07, 6.45) is 3.10. The zero-order chi connectivity index (χ0) is 15.5. The molecule has 2 rings (SSSR count). The van der Waals surface area contributed by atoms with Crippen LogP contribution in [0, 0.1) is 6.92 Å². The second kappa shape index (κ2) is 6.69. The number of rotatable bonds is 6. The van der Waals surface area contributed by atoms with Crippen molar-refractivity contribution in [2.24, 2.45) is 0 Å². The third kappa shape index (κ3) is 3.91. The highest BCUT2D eigenvalue weighted by atomic mass is 79.9. The molecule has 6 nitrogen and oxygen atoms in total. The number of nitrogens with zero attached hydrogens (tertiary/aromatic N) is 1. The zero-order valence-electron chi connectivity index (χ0n) is 11.8. The highest BCUT2D eigenvalue weighted by Gasteiger charge is 2.19. The summed E-state index contributed by atoms with van der Waals surface area (Å²) in [7, 11) is -1.77. The van der Waals surface area contributed by atoms with E-state index in [0.717, 1.165) is 10.0 Å². The largest absolute Gasteiger partial charge is 0.347 e. The second-order valence-corrected chi connectivity index (χ2v) is 7.22. The van der Waals surface area contributed by atoms with Crippen molar-refractivity contribution in [2.75, 3.05) is 7.05 Å². The molecule has 1 aromatic carbocycles. The number of imidazole rings is 1. The Morgan fingerprint density at radius 2 is 2.10 bits per heavy atom. The van der Waals surface area contributed by atoms with Crippen LogP contribution in [-0.4, -0.2) is 25.4 Å². The molecule has 0 saturated heterocycles. The number of benzene rings is 1. The van der Waals surface area contributed by atoms with Crippen LogP contribution in [0.1, 0.15) is 16.8 Å². The lowest BCUT2D eigenvalue weighted by molar-refractivity contribution is 0.579. The molecular weight excluding hydrogens is 356 g/mol. The Bertz CT molecular complexity index is 714. The van der Waals surface area contributed by atoms with E-state index in [0.29, 0.717) is 17.8 Å². The molecule has 0 bridgehead atoms. The molecule has 0 saturated carbocycles. The molecule has 3 N–H and O–H groups in total. The van der Waals surface area contributed by atoms with E-state index in [2.05, 4.69) is 35.9 Å². The molecule has 0 unspecified atom stereocenters. The molecule has 2 aromatic rings. The third-order valence-electron chi connectivity index (χ3n) is 3.03. The van der Waals surface area contributed by atoms with Gasteiger partial charge in [-0.25, -0.2) is 18.1 Å². The standard InChI is InChI=1S/C13H17BrN4O2S/c1-9-12(14)3-10(5-15-2)4-13(9)21(19,20)18-7-11-6-16-8-17-11/h3-4,6,8,15,18H,5,7H2,1-2H3,(H,16,17). The first-order valence-electron chi connectivity index (χ1n) is 6.34. The molecule has 0 aliphatic heterocycles. The fraction of sp³-hybridized carbons (Fsp3) is 0.308. The molecule has 0 aliphatic carbocycles. The van der Waals surface area contributed by atoms with Gasteiger partial charge < -0.3 is 10.3 Å². The molecule has 0 aliphatic rings. The fourth-order valence-corrected chi connectivity index (χ4v) is 3.88. The first kappa shape index (κ1) is 16.2. The molecular formula is C13H17BrN4O2S. The van der Waals surface area contributed by atoms with Crippen molar-refractivity contribution in [3.8, 4) is 0 Å². The summed E-state index contributed by atoms with van der Waals surface area (Å²) < 4.78 is 28.3. The van der Waals surface area contributed by atoms with E-state index in [1.165, 1.54) is 6.33 Å². The molecule has 21 heavy (non-hydrogen) atoms. The summed E-state index contributed by atoms with van der Waals surface area (Å²) in [5, 5.41) is 3.01. The summed E-state index contributed by atoms with van der Waals surface area (Å²) in [6, 6.07) is 3.60. The van der Waals surface area contributed by atoms with Crippen molar-refractivity contribution >= 4 is 26.0 Å². The van der Waals surface area contributed by atoms with Gasteiger partial charge in [-0.05, 0) is 37.2 Å². The van der Waals surface area contributed by atoms with Crippen LogP contribution in [0.25, 0.3) is 0 Å². The van der Waals surface area contributed by atoms with Gasteiger partial charge in [-0.3, -0.25) is 0 Å². The monoisotopic (exact) mass is 372 g/mol. The van der Waals surface area contributed by atoms with Gasteiger partial charge in [-0.1, -0.05) is 15.9 Å². The van der Waals surface area contributed by atoms with E-state index >= 15 is 0 Å². The molecule has 0 spiro atoms. The van der Waals surface area contributed by atoms with Crippen molar-refractivity contribution in [3.05, 3.63) is 46.0 Å². The fourth-order valence-electron chi connectivity index (χ4n) is 1.92. The maximum atomic E-state index is 12.5. The summed E-state index contributed by atoms with van der Waals surface area (Å²) >= 11 is 3.41. The van der Waals surface area contributed by atoms with Crippen LogP contribution in [0.5, 0.6) is 0 Å². The first-order valence-corrected chi connectivity index (χ1v) is 8.62. The Morgan fingerprint density at radius 3 is 2.71 bits per heavy atom. The molecule has 8 heteroatoms. The quantitative estimate of drug-likeness (QED) is 0.719. The molecule has 0 radical (unpaired) electrons. The Balaban J connectivity index is 2.30. The van der Waals surface area contributed by atoms with Crippen LogP contribution >= 0.6 is 15.9 Å². The molecule has 1 aromatic heterocycles. The summed E-state index contributed by atoms with van der Waals surface area (Å²) in [4.78, 5) is 7.00. The molecule has 0 atom stereocenters. The summed E-state index contributed by atoms with van der Waals surface area (Å²) in [6.45, 7) is 2.55. The van der Waals surface area contributed by atoms with E-state index < -0.39 is 10.0 Å². The Labute approximate surface area is 132 Å². The van der Waals surface area contributed by atoms with Gasteiger partial charge in [0.25, 0.3) is 0 Å². The van der Waals surface area contributed by atoms with Crippen molar-refractivity contribution in [1.82, 2.24) is 20.0 Å². The normalized spacial score (nSPS) is 11.8. The Hall–Kier alpha value is -1.22. The maximum Gasteiger partial charge on any atom is 0.241 e. The van der Waals surface area contributed by atoms with E-state index in [9.17, 15) is 8.42 Å². The van der Waals surface area contributed by atoms with Gasteiger partial charge in [-0.15, -0.1) is 0 Å². The highest BCUT2D eigenvalue weighted by molar-refractivity contribution is 9.10. The van der Waals surface area contributed by atoms with Gasteiger partial charge in [0.2, 0.25) is 10.0 Å². The summed E-state index contributed by atoms with van der Waals surface area (Å²) in [5.41, 5.74) is 2.30. The van der Waals surface area contributed by atoms with Gasteiger partial charge in [0.1, 0.15) is 0 Å². The lowest BCUT2D eigenvalue weighted by Crippen LogP contribution is -2.24. The number of aromatic amines is 1. The van der Waals surface area contributed by atoms with E-state index in [1.807, 2.05) is 13.1 Å². The SMILES string of the molecule is CNCc1cc(Br)c(C)c(S(=O)(=O)NCc2cnc[nH]2)c1. The minimum atomic E-state index is -3.59. The van der Waals surface area contributed by atoms with Gasteiger partial charge >= 0.3 is 0 Å². The number of halogens is 1. The van der Waals surface area contributed by atoms with Crippen LogP contribution in [0.15, 0.2) is 34.0 Å². The minimum Gasteiger partial charge on any atom is -0.347 e. The smallest absolute Gasteiger partial charge is 0.241 e. The maximum absolute atomic E-state index is 12.5. The van der Waals surface area contributed by atoms with Gasteiger partial charge in [0.15, 0.2) is 0 Å². The average Bonchev–Trinajstić information content (AvgIpc) is 2.94. The van der Waals surface area contributed by atoms with E-state index in [-0.39, 0.29) is 11.4 Å². The number of sulfonamides is 1. The average molecular weight is 373 g/mol. The van der Waals surface area contributed by atoms with Crippen LogP contribution < -0.4 is 10.0 Å². The molecule has 0 fully saturated rings. The third-order valence-corrected chi connectivity index (χ3v) is 5.39. The molecule has 0 amide bonds. The predicted molar refractivity (Wildman–Crippen MR) is 84.3 cm³/mol. The second-order valence-electron chi connectivity index (χ2n) is 4.63. The number of hydrogen-bond donors (Lipinski definition) is 3. The number of aromatic nitrogens is 2.